The van der Waals surface area contributed by atoms with Crippen LogP contribution < -0.4 is 14.2 Å². The van der Waals surface area contributed by atoms with Crippen LogP contribution in [0.25, 0.3) is 0 Å². The maximum Gasteiger partial charge on any atom is 0.379 e. The molecule has 0 radical (unpaired) electrons. The highest BCUT2D eigenvalue weighted by Gasteiger charge is 2.32. The van der Waals surface area contributed by atoms with E-state index in [-0.39, 0.29) is 36.0 Å². The Bertz CT molecular complexity index is 569. The number of carbonyl (C=O) groups excluding carboxylic acids is 2. The molecule has 0 N–H and O–H groups in total. The molecule has 0 unspecified atom stereocenters. The van der Waals surface area contributed by atoms with Crippen molar-refractivity contribution in [3.63, 3.8) is 0 Å². The van der Waals surface area contributed by atoms with Gasteiger partial charge in [0.05, 0.1) is 26.9 Å². The van der Waals surface area contributed by atoms with Crippen molar-refractivity contribution in [1.82, 2.24) is 0 Å². The SMILES string of the molecule is CCOC(=O)C(=O)c1c(OC)c(F)cc2c1OCCCO2. The van der Waals surface area contributed by atoms with Gasteiger partial charge in [-0.1, -0.05) is 0 Å². The zero-order valence-electron chi connectivity index (χ0n) is 11.7. The Balaban J connectivity index is 2.58. The molecule has 1 aromatic rings. The molecular formula is C14H15FO6. The number of methoxy groups -OCH3 is 1. The van der Waals surface area contributed by atoms with Crippen LogP contribution in [0.5, 0.6) is 17.2 Å². The van der Waals surface area contributed by atoms with Gasteiger partial charge in [-0.05, 0) is 6.92 Å². The van der Waals surface area contributed by atoms with Gasteiger partial charge in [0.2, 0.25) is 0 Å². The molecule has 1 aliphatic rings. The molecule has 6 nitrogen and oxygen atoms in total. The molecule has 21 heavy (non-hydrogen) atoms. The van der Waals surface area contributed by atoms with Crippen molar-refractivity contribution in [3.05, 3.63) is 17.4 Å². The van der Waals surface area contributed by atoms with Gasteiger partial charge in [0.1, 0.15) is 5.56 Å². The fraction of sp³-hybridized carbons (Fsp3) is 0.429. The highest BCUT2D eigenvalue weighted by molar-refractivity contribution is 6.42. The molecule has 0 spiro atoms. The van der Waals surface area contributed by atoms with Crippen molar-refractivity contribution in [2.24, 2.45) is 0 Å². The summed E-state index contributed by atoms with van der Waals surface area (Å²) < 4.78 is 34.3. The van der Waals surface area contributed by atoms with Crippen molar-refractivity contribution < 1.29 is 32.9 Å². The first kappa shape index (κ1) is 15.1. The van der Waals surface area contributed by atoms with Crippen molar-refractivity contribution in [3.8, 4) is 17.2 Å². The second-order valence-electron chi connectivity index (χ2n) is 4.19. The number of Topliss-reactive ketones (excluding diaryl/α,β-unsaturated/α-hetero) is 1. The van der Waals surface area contributed by atoms with Crippen LogP contribution in [-0.4, -0.2) is 38.7 Å². The van der Waals surface area contributed by atoms with E-state index in [1.165, 1.54) is 7.11 Å². The first-order valence-electron chi connectivity index (χ1n) is 6.47. The zero-order chi connectivity index (χ0) is 15.4. The summed E-state index contributed by atoms with van der Waals surface area (Å²) in [7, 11) is 1.20. The molecule has 1 aliphatic heterocycles. The normalized spacial score (nSPS) is 13.3. The molecule has 0 saturated carbocycles. The van der Waals surface area contributed by atoms with Crippen LogP contribution in [0.4, 0.5) is 4.39 Å². The van der Waals surface area contributed by atoms with Gasteiger partial charge >= 0.3 is 5.97 Å². The van der Waals surface area contributed by atoms with E-state index in [2.05, 4.69) is 4.74 Å². The molecule has 114 valence electrons. The Kier molecular flexibility index (Phi) is 4.62. The molecule has 0 saturated heterocycles. The zero-order valence-corrected chi connectivity index (χ0v) is 11.7. The van der Waals surface area contributed by atoms with Gasteiger partial charge in [-0.15, -0.1) is 0 Å². The van der Waals surface area contributed by atoms with Crippen molar-refractivity contribution in [2.45, 2.75) is 13.3 Å². The molecule has 2 rings (SSSR count). The Hall–Kier alpha value is -2.31. The minimum absolute atomic E-state index is 0.00352. The van der Waals surface area contributed by atoms with Gasteiger partial charge in [-0.25, -0.2) is 9.18 Å². The summed E-state index contributed by atoms with van der Waals surface area (Å²) in [5, 5.41) is 0. The quantitative estimate of drug-likeness (QED) is 0.479. The number of benzene rings is 1. The van der Waals surface area contributed by atoms with Crippen LogP contribution in [0, 0.1) is 5.82 Å². The van der Waals surface area contributed by atoms with Crippen LogP contribution in [0.2, 0.25) is 0 Å². The van der Waals surface area contributed by atoms with Gasteiger partial charge in [0, 0.05) is 12.5 Å². The van der Waals surface area contributed by atoms with E-state index in [0.29, 0.717) is 13.0 Å². The standard InChI is InChI=1S/C14H15FO6/c1-3-19-14(17)11(16)10-12(18-2)8(15)7-9-13(10)21-6-4-5-20-9/h7H,3-6H2,1-2H3. The molecule has 0 aliphatic carbocycles. The van der Waals surface area contributed by atoms with Crippen LogP contribution in [-0.2, 0) is 9.53 Å². The Morgan fingerprint density at radius 1 is 1.33 bits per heavy atom. The summed E-state index contributed by atoms with van der Waals surface area (Å²) >= 11 is 0. The van der Waals surface area contributed by atoms with Gasteiger partial charge in [0.25, 0.3) is 5.78 Å². The summed E-state index contributed by atoms with van der Waals surface area (Å²) in [6, 6.07) is 1.07. The van der Waals surface area contributed by atoms with E-state index in [1.54, 1.807) is 6.92 Å². The average molecular weight is 298 g/mol. The highest BCUT2D eigenvalue weighted by Crippen LogP contribution is 2.41. The third kappa shape index (κ3) is 2.91. The van der Waals surface area contributed by atoms with E-state index in [4.69, 9.17) is 14.2 Å². The molecule has 7 heteroatoms. The molecule has 1 aromatic carbocycles. The van der Waals surface area contributed by atoms with E-state index >= 15 is 0 Å². The smallest absolute Gasteiger partial charge is 0.379 e. The average Bonchev–Trinajstić information content (AvgIpc) is 2.70. The number of halogens is 1. The number of ether oxygens (including phenoxy) is 4. The summed E-state index contributed by atoms with van der Waals surface area (Å²) in [4.78, 5) is 23.8. The van der Waals surface area contributed by atoms with Gasteiger partial charge < -0.3 is 18.9 Å². The molecule has 0 atom stereocenters. The first-order chi connectivity index (χ1) is 10.1. The largest absolute Gasteiger partial charge is 0.493 e. The Morgan fingerprint density at radius 2 is 2.05 bits per heavy atom. The molecule has 0 bridgehead atoms. The fourth-order valence-electron chi connectivity index (χ4n) is 1.96. The Labute approximate surface area is 120 Å². The molecule has 1 heterocycles. The number of esters is 1. The lowest BCUT2D eigenvalue weighted by atomic mass is 10.1. The Morgan fingerprint density at radius 3 is 2.71 bits per heavy atom. The third-order valence-electron chi connectivity index (χ3n) is 2.84. The van der Waals surface area contributed by atoms with Crippen LogP contribution in [0.1, 0.15) is 23.7 Å². The molecule has 0 aromatic heterocycles. The maximum absolute atomic E-state index is 14.0. The molecular weight excluding hydrogens is 283 g/mol. The van der Waals surface area contributed by atoms with E-state index in [0.717, 1.165) is 6.07 Å². The lowest BCUT2D eigenvalue weighted by Crippen LogP contribution is -2.20. The molecule has 0 amide bonds. The summed E-state index contributed by atoms with van der Waals surface area (Å²) in [5.41, 5.74) is -0.312. The topological polar surface area (TPSA) is 71.1 Å². The number of carbonyl (C=O) groups is 2. The lowest BCUT2D eigenvalue weighted by Gasteiger charge is -2.15. The predicted molar refractivity (Wildman–Crippen MR) is 69.5 cm³/mol. The summed E-state index contributed by atoms with van der Waals surface area (Å²) in [5.74, 6) is -3.24. The second-order valence-corrected chi connectivity index (χ2v) is 4.19. The van der Waals surface area contributed by atoms with Crippen molar-refractivity contribution in [1.29, 1.82) is 0 Å². The monoisotopic (exact) mass is 298 g/mol. The number of ketones is 1. The molecule has 0 fully saturated rings. The van der Waals surface area contributed by atoms with Crippen LogP contribution >= 0.6 is 0 Å². The van der Waals surface area contributed by atoms with E-state index in [9.17, 15) is 14.0 Å². The van der Waals surface area contributed by atoms with Crippen molar-refractivity contribution >= 4 is 11.8 Å². The maximum atomic E-state index is 14.0. The lowest BCUT2D eigenvalue weighted by molar-refractivity contribution is -0.137. The van der Waals surface area contributed by atoms with Crippen LogP contribution in [0.3, 0.4) is 0 Å². The fourth-order valence-corrected chi connectivity index (χ4v) is 1.96. The highest BCUT2D eigenvalue weighted by atomic mass is 19.1. The van der Waals surface area contributed by atoms with Crippen molar-refractivity contribution in [2.75, 3.05) is 26.9 Å². The van der Waals surface area contributed by atoms with Gasteiger partial charge in [-0.3, -0.25) is 4.79 Å². The number of hydrogen-bond acceptors (Lipinski definition) is 6. The minimum Gasteiger partial charge on any atom is -0.493 e. The van der Waals surface area contributed by atoms with E-state index < -0.39 is 17.6 Å². The van der Waals surface area contributed by atoms with E-state index in [1.807, 2.05) is 0 Å². The predicted octanol–water partition coefficient (Wildman–Crippen LogP) is 1.74. The van der Waals surface area contributed by atoms with Gasteiger partial charge in [0.15, 0.2) is 23.1 Å². The third-order valence-corrected chi connectivity index (χ3v) is 2.84. The number of fused-ring (bicyclic) bond motifs is 1. The minimum atomic E-state index is -1.10. The number of rotatable bonds is 4. The summed E-state index contributed by atoms with van der Waals surface area (Å²) in [6.07, 6.45) is 0.575. The van der Waals surface area contributed by atoms with Gasteiger partial charge in [-0.2, -0.15) is 0 Å². The van der Waals surface area contributed by atoms with Crippen LogP contribution in [0.15, 0.2) is 6.07 Å². The number of hydrogen-bond donors (Lipinski definition) is 0. The second kappa shape index (κ2) is 6.43. The summed E-state index contributed by atoms with van der Waals surface area (Å²) in [6.45, 7) is 2.20. The first-order valence-corrected chi connectivity index (χ1v) is 6.47.